The Bertz CT molecular complexity index is 1200. The molecule has 0 radical (unpaired) electrons. The van der Waals surface area contributed by atoms with Gasteiger partial charge in [-0.2, -0.15) is 8.42 Å². The van der Waals surface area contributed by atoms with Crippen LogP contribution in [0.1, 0.15) is 0 Å². The lowest BCUT2D eigenvalue weighted by atomic mass is 10.3. The van der Waals surface area contributed by atoms with Crippen LogP contribution in [0, 0.1) is 22.5 Å². The molecule has 0 amide bonds. The van der Waals surface area contributed by atoms with E-state index in [0.29, 0.717) is 14.6 Å². The number of benzene rings is 1. The quantitative estimate of drug-likeness (QED) is 0.372. The highest BCUT2D eigenvalue weighted by Crippen LogP contribution is 2.27. The van der Waals surface area contributed by atoms with E-state index >= 15 is 0 Å². The third kappa shape index (κ3) is 3.45. The van der Waals surface area contributed by atoms with E-state index < -0.39 is 14.9 Å². The maximum Gasteiger partial charge on any atom is 0.294 e. The highest BCUT2D eigenvalue weighted by atomic mass is 35.5. The van der Waals surface area contributed by atoms with Crippen LogP contribution in [0.3, 0.4) is 0 Å². The number of terminal acetylenes is 1. The van der Waals surface area contributed by atoms with Crippen LogP contribution in [0.4, 0.5) is 5.69 Å². The minimum Gasteiger partial charge on any atom is -0.304 e. The maximum absolute atomic E-state index is 12.4. The highest BCUT2D eigenvalue weighted by molar-refractivity contribution is 7.92. The van der Waals surface area contributed by atoms with Gasteiger partial charge in [-0.1, -0.05) is 28.9 Å². The van der Waals surface area contributed by atoms with Gasteiger partial charge in [0, 0.05) is 12.1 Å². The van der Waals surface area contributed by atoms with Gasteiger partial charge in [-0.25, -0.2) is 0 Å². The van der Waals surface area contributed by atoms with Crippen LogP contribution in [0.15, 0.2) is 38.9 Å². The second-order valence-corrected chi connectivity index (χ2v) is 9.26. The van der Waals surface area contributed by atoms with Gasteiger partial charge in [0.1, 0.15) is 4.21 Å². The monoisotopic (exact) mass is 413 g/mol. The summed E-state index contributed by atoms with van der Waals surface area (Å²) in [5.41, 5.74) is 0.479. The Morgan fingerprint density at radius 3 is 2.68 bits per heavy atom. The van der Waals surface area contributed by atoms with Gasteiger partial charge in [-0.15, -0.1) is 22.2 Å². The molecule has 0 aliphatic heterocycles. The fraction of sp³-hybridized carbons (Fsp3) is 0.0714. The predicted molar refractivity (Wildman–Crippen MR) is 97.4 cm³/mol. The van der Waals surface area contributed by atoms with Crippen molar-refractivity contribution in [3.8, 4) is 12.3 Å². The molecule has 128 valence electrons. The van der Waals surface area contributed by atoms with Crippen molar-refractivity contribution in [3.05, 3.63) is 49.6 Å². The van der Waals surface area contributed by atoms with Crippen molar-refractivity contribution in [2.45, 2.75) is 10.8 Å². The molecule has 0 saturated heterocycles. The number of hydrogen-bond donors (Lipinski definition) is 0. The lowest BCUT2D eigenvalue weighted by molar-refractivity contribution is -0.384. The van der Waals surface area contributed by atoms with Crippen molar-refractivity contribution in [2.24, 2.45) is 4.40 Å². The van der Waals surface area contributed by atoms with Crippen LogP contribution < -0.4 is 4.80 Å². The van der Waals surface area contributed by atoms with Crippen LogP contribution in [-0.2, 0) is 16.6 Å². The molecule has 2 heterocycles. The fourth-order valence-corrected chi connectivity index (χ4v) is 5.80. The Hall–Kier alpha value is -2.19. The van der Waals surface area contributed by atoms with Crippen LogP contribution in [0.25, 0.3) is 10.2 Å². The van der Waals surface area contributed by atoms with E-state index in [9.17, 15) is 18.5 Å². The van der Waals surface area contributed by atoms with Crippen molar-refractivity contribution >= 4 is 60.2 Å². The number of nitrogens with zero attached hydrogens (tertiary/aromatic N) is 3. The van der Waals surface area contributed by atoms with E-state index in [1.165, 1.54) is 34.9 Å². The normalized spacial score (nSPS) is 12.4. The zero-order valence-corrected chi connectivity index (χ0v) is 15.5. The summed E-state index contributed by atoms with van der Waals surface area (Å²) in [5, 5.41) is 10.9. The minimum absolute atomic E-state index is 0.00759. The molecule has 1 aromatic carbocycles. The number of nitro benzene ring substituents is 1. The number of thiophene rings is 1. The molecule has 7 nitrogen and oxygen atoms in total. The first kappa shape index (κ1) is 17.6. The number of sulfonamides is 1. The molecule has 0 atom stereocenters. The van der Waals surface area contributed by atoms with Gasteiger partial charge >= 0.3 is 0 Å². The van der Waals surface area contributed by atoms with Gasteiger partial charge in [0.25, 0.3) is 15.7 Å². The highest BCUT2D eigenvalue weighted by Gasteiger charge is 2.18. The molecule has 3 aromatic rings. The first-order valence-electron chi connectivity index (χ1n) is 6.59. The molecule has 0 aliphatic rings. The van der Waals surface area contributed by atoms with Crippen molar-refractivity contribution in [1.82, 2.24) is 4.57 Å². The van der Waals surface area contributed by atoms with Gasteiger partial charge in [-0.3, -0.25) is 10.1 Å². The summed E-state index contributed by atoms with van der Waals surface area (Å²) in [6.07, 6.45) is 5.36. The van der Waals surface area contributed by atoms with Gasteiger partial charge in [-0.05, 0) is 18.2 Å². The molecule has 0 unspecified atom stereocenters. The van der Waals surface area contributed by atoms with E-state index in [4.69, 9.17) is 18.0 Å². The standard InChI is InChI=1S/C14H8ClN3O4S3/c1-2-7-17-10-4-3-9(18(19)20)8-11(10)23-14(17)16-25(21,22)13-6-5-12(15)24-13/h1,3-6,8H,7H2. The van der Waals surface area contributed by atoms with E-state index in [1.807, 2.05) is 0 Å². The summed E-state index contributed by atoms with van der Waals surface area (Å²) in [6.45, 7) is 0.0807. The minimum atomic E-state index is -3.96. The van der Waals surface area contributed by atoms with Crippen molar-refractivity contribution in [1.29, 1.82) is 0 Å². The Kier molecular flexibility index (Phi) is 4.66. The average molecular weight is 414 g/mol. The SMILES string of the molecule is C#CCn1c(=NS(=O)(=O)c2ccc(Cl)s2)sc2cc([N+](=O)[O-])ccc21. The number of non-ortho nitro benzene ring substituents is 1. The zero-order chi connectivity index (χ0) is 18.2. The number of hydrogen-bond acceptors (Lipinski definition) is 6. The summed E-state index contributed by atoms with van der Waals surface area (Å²) >= 11 is 7.69. The van der Waals surface area contributed by atoms with Gasteiger partial charge in [0.2, 0.25) is 4.80 Å². The zero-order valence-electron chi connectivity index (χ0n) is 12.2. The van der Waals surface area contributed by atoms with Crippen molar-refractivity contribution < 1.29 is 13.3 Å². The average Bonchev–Trinajstić information content (AvgIpc) is 3.12. The van der Waals surface area contributed by atoms with E-state index in [1.54, 1.807) is 0 Å². The molecule has 0 N–H and O–H groups in total. The third-order valence-electron chi connectivity index (χ3n) is 3.13. The molecule has 0 bridgehead atoms. The van der Waals surface area contributed by atoms with Crippen LogP contribution in [-0.4, -0.2) is 17.9 Å². The first-order chi connectivity index (χ1) is 11.8. The van der Waals surface area contributed by atoms with E-state index in [2.05, 4.69) is 10.3 Å². The Balaban J connectivity index is 2.26. The molecule has 0 aliphatic carbocycles. The van der Waals surface area contributed by atoms with Gasteiger partial charge in [0.05, 0.1) is 26.0 Å². The number of nitro groups is 1. The van der Waals surface area contributed by atoms with Crippen LogP contribution >= 0.6 is 34.3 Å². The second kappa shape index (κ2) is 6.61. The summed E-state index contributed by atoms with van der Waals surface area (Å²) in [4.78, 5) is 10.5. The third-order valence-corrected chi connectivity index (χ3v) is 7.25. The molecule has 11 heteroatoms. The Labute approximate surface area is 155 Å². The molecule has 0 saturated carbocycles. The summed E-state index contributed by atoms with van der Waals surface area (Å²) in [5.74, 6) is 2.43. The largest absolute Gasteiger partial charge is 0.304 e. The molecule has 25 heavy (non-hydrogen) atoms. The number of aromatic nitrogens is 1. The predicted octanol–water partition coefficient (Wildman–Crippen LogP) is 3.25. The Morgan fingerprint density at radius 2 is 2.08 bits per heavy atom. The van der Waals surface area contributed by atoms with Crippen molar-refractivity contribution in [3.63, 3.8) is 0 Å². The van der Waals surface area contributed by atoms with Crippen molar-refractivity contribution in [2.75, 3.05) is 0 Å². The molecule has 2 aromatic heterocycles. The number of thiazole rings is 1. The molecule has 0 spiro atoms. The Morgan fingerprint density at radius 1 is 1.32 bits per heavy atom. The molecular weight excluding hydrogens is 406 g/mol. The van der Waals surface area contributed by atoms with Gasteiger partial charge in [0.15, 0.2) is 0 Å². The topological polar surface area (TPSA) is 94.6 Å². The molecule has 3 rings (SSSR count). The first-order valence-corrected chi connectivity index (χ1v) is 10.0. The van der Waals surface area contributed by atoms with Gasteiger partial charge < -0.3 is 4.57 Å². The molecule has 0 fully saturated rings. The smallest absolute Gasteiger partial charge is 0.294 e. The summed E-state index contributed by atoms with van der Waals surface area (Å²) in [6, 6.07) is 7.06. The maximum atomic E-state index is 12.4. The van der Waals surface area contributed by atoms with Crippen LogP contribution in [0.2, 0.25) is 4.34 Å². The molecular formula is C14H8ClN3O4S3. The van der Waals surface area contributed by atoms with E-state index in [-0.39, 0.29) is 21.2 Å². The number of halogens is 1. The number of rotatable bonds is 4. The van der Waals surface area contributed by atoms with E-state index in [0.717, 1.165) is 22.7 Å². The number of fused-ring (bicyclic) bond motifs is 1. The summed E-state index contributed by atoms with van der Waals surface area (Å²) in [7, 11) is -3.96. The fourth-order valence-electron chi connectivity index (χ4n) is 2.07. The summed E-state index contributed by atoms with van der Waals surface area (Å²) < 4.78 is 31.1. The lowest BCUT2D eigenvalue weighted by Crippen LogP contribution is -2.16. The lowest BCUT2D eigenvalue weighted by Gasteiger charge is -1.99. The van der Waals surface area contributed by atoms with Crippen LogP contribution in [0.5, 0.6) is 0 Å². The second-order valence-electron chi connectivity index (χ2n) is 4.71.